The normalized spacial score (nSPS) is 16.9. The summed E-state index contributed by atoms with van der Waals surface area (Å²) in [6, 6.07) is 9.92. The molecule has 1 saturated heterocycles. The minimum absolute atomic E-state index is 0.0215. The summed E-state index contributed by atoms with van der Waals surface area (Å²) in [6.07, 6.45) is 6.02. The van der Waals surface area contributed by atoms with Gasteiger partial charge in [-0.1, -0.05) is 19.8 Å². The van der Waals surface area contributed by atoms with Crippen molar-refractivity contribution < 1.29 is 9.90 Å². The Hall–Kier alpha value is -3.62. The lowest BCUT2D eigenvalue weighted by Gasteiger charge is -2.34. The van der Waals surface area contributed by atoms with E-state index in [1.165, 1.54) is 4.90 Å². The van der Waals surface area contributed by atoms with Crippen LogP contribution in [0.2, 0.25) is 0 Å². The van der Waals surface area contributed by atoms with Crippen LogP contribution < -0.4 is 15.8 Å². The number of amides is 1. The third kappa shape index (κ3) is 4.30. The van der Waals surface area contributed by atoms with Crippen LogP contribution in [0.15, 0.2) is 41.3 Å². The largest absolute Gasteiger partial charge is 0.465 e. The van der Waals surface area contributed by atoms with Crippen LogP contribution >= 0.6 is 0 Å². The number of hydrogen-bond donors (Lipinski definition) is 2. The summed E-state index contributed by atoms with van der Waals surface area (Å²) in [7, 11) is 0. The Morgan fingerprint density at radius 2 is 1.82 bits per heavy atom. The first-order valence-electron chi connectivity index (χ1n) is 12.0. The first-order chi connectivity index (χ1) is 16.5. The second-order valence-electron chi connectivity index (χ2n) is 9.03. The van der Waals surface area contributed by atoms with Crippen molar-refractivity contribution in [1.82, 2.24) is 19.4 Å². The molecule has 2 aromatic heterocycles. The topological polar surface area (TPSA) is 104 Å². The van der Waals surface area contributed by atoms with Crippen molar-refractivity contribution >= 4 is 34.4 Å². The number of aromatic nitrogens is 3. The fourth-order valence-electron chi connectivity index (χ4n) is 5.09. The molecule has 0 bridgehead atoms. The van der Waals surface area contributed by atoms with Gasteiger partial charge in [-0.2, -0.15) is 4.98 Å². The third-order valence-electron chi connectivity index (χ3n) is 6.99. The monoisotopic (exact) mass is 462 g/mol. The van der Waals surface area contributed by atoms with Gasteiger partial charge in [0.25, 0.3) is 5.56 Å². The molecule has 2 fully saturated rings. The number of piperazine rings is 1. The van der Waals surface area contributed by atoms with Gasteiger partial charge in [-0.05, 0) is 49.1 Å². The van der Waals surface area contributed by atoms with Crippen molar-refractivity contribution in [1.29, 1.82) is 0 Å². The number of anilines is 3. The zero-order chi connectivity index (χ0) is 23.7. The summed E-state index contributed by atoms with van der Waals surface area (Å²) in [5.74, 6) is 0.467. The lowest BCUT2D eigenvalue weighted by Crippen LogP contribution is -2.48. The fourth-order valence-corrected chi connectivity index (χ4v) is 5.09. The summed E-state index contributed by atoms with van der Waals surface area (Å²) in [5, 5.41) is 13.4. The molecule has 0 unspecified atom stereocenters. The molecule has 34 heavy (non-hydrogen) atoms. The van der Waals surface area contributed by atoms with E-state index in [-0.39, 0.29) is 11.6 Å². The highest BCUT2D eigenvalue weighted by Crippen LogP contribution is 2.31. The van der Waals surface area contributed by atoms with Gasteiger partial charge >= 0.3 is 6.09 Å². The Labute approximate surface area is 198 Å². The number of nitrogens with zero attached hydrogens (tertiary/aromatic N) is 5. The zero-order valence-electron chi connectivity index (χ0n) is 19.4. The van der Waals surface area contributed by atoms with Crippen LogP contribution in [0.3, 0.4) is 0 Å². The van der Waals surface area contributed by atoms with Crippen molar-refractivity contribution in [2.45, 2.75) is 45.1 Å². The number of fused-ring (bicyclic) bond motifs is 1. The van der Waals surface area contributed by atoms with Gasteiger partial charge in [0.15, 0.2) is 0 Å². The van der Waals surface area contributed by atoms with E-state index < -0.39 is 6.09 Å². The van der Waals surface area contributed by atoms with Gasteiger partial charge in [-0.25, -0.2) is 9.78 Å². The van der Waals surface area contributed by atoms with E-state index in [4.69, 9.17) is 10.1 Å². The Balaban J connectivity index is 1.38. The zero-order valence-corrected chi connectivity index (χ0v) is 19.4. The molecule has 1 amide bonds. The van der Waals surface area contributed by atoms with Gasteiger partial charge in [0.1, 0.15) is 5.65 Å². The van der Waals surface area contributed by atoms with Gasteiger partial charge in [0.2, 0.25) is 5.95 Å². The van der Waals surface area contributed by atoms with Crippen LogP contribution in [0.5, 0.6) is 0 Å². The summed E-state index contributed by atoms with van der Waals surface area (Å²) in [6.45, 7) is 4.39. The molecule has 2 aliphatic rings. The molecule has 1 aliphatic heterocycles. The maximum absolute atomic E-state index is 13.0. The molecule has 0 spiro atoms. The Kier molecular flexibility index (Phi) is 6.08. The molecule has 3 heterocycles. The average Bonchev–Trinajstić information content (AvgIpc) is 3.38. The first kappa shape index (κ1) is 22.2. The number of pyridine rings is 1. The lowest BCUT2D eigenvalue weighted by molar-refractivity contribution is 0.142. The van der Waals surface area contributed by atoms with Crippen molar-refractivity contribution in [3.8, 4) is 0 Å². The SMILES string of the molecule is CCc1cc(=O)n(C2CCCC2)c2nc(Nc3ccc(N4CCN(C(=O)O)CC4)cc3)ncc12. The van der Waals surface area contributed by atoms with Gasteiger partial charge < -0.3 is 20.2 Å². The van der Waals surface area contributed by atoms with E-state index in [0.29, 0.717) is 37.8 Å². The number of aryl methyl sites for hydroxylation is 1. The van der Waals surface area contributed by atoms with E-state index in [1.807, 2.05) is 42.0 Å². The molecule has 2 N–H and O–H groups in total. The number of nitrogens with one attached hydrogen (secondary N) is 1. The van der Waals surface area contributed by atoms with Gasteiger partial charge in [0.05, 0.1) is 0 Å². The molecule has 9 heteroatoms. The van der Waals surface area contributed by atoms with Crippen LogP contribution in [0.25, 0.3) is 11.0 Å². The van der Waals surface area contributed by atoms with Crippen molar-refractivity contribution in [3.05, 3.63) is 52.4 Å². The van der Waals surface area contributed by atoms with E-state index in [2.05, 4.69) is 15.2 Å². The molecule has 1 saturated carbocycles. The van der Waals surface area contributed by atoms with Crippen molar-refractivity contribution in [3.63, 3.8) is 0 Å². The quantitative estimate of drug-likeness (QED) is 0.590. The summed E-state index contributed by atoms with van der Waals surface area (Å²) in [5.41, 5.74) is 3.62. The first-order valence-corrected chi connectivity index (χ1v) is 12.0. The number of rotatable bonds is 5. The minimum Gasteiger partial charge on any atom is -0.465 e. The molecule has 1 aliphatic carbocycles. The molecule has 0 atom stereocenters. The lowest BCUT2D eigenvalue weighted by atomic mass is 10.1. The van der Waals surface area contributed by atoms with Crippen LogP contribution in [-0.4, -0.2) is 56.8 Å². The Morgan fingerprint density at radius 1 is 1.12 bits per heavy atom. The van der Waals surface area contributed by atoms with Crippen molar-refractivity contribution in [2.24, 2.45) is 0 Å². The van der Waals surface area contributed by atoms with Crippen LogP contribution in [0.4, 0.5) is 22.1 Å². The maximum atomic E-state index is 13.0. The van der Waals surface area contributed by atoms with Gasteiger partial charge in [-0.3, -0.25) is 9.36 Å². The molecule has 5 rings (SSSR count). The fraction of sp³-hybridized carbons (Fsp3) is 0.440. The maximum Gasteiger partial charge on any atom is 0.407 e. The van der Waals surface area contributed by atoms with Crippen LogP contribution in [0, 0.1) is 0 Å². The van der Waals surface area contributed by atoms with Crippen LogP contribution in [-0.2, 0) is 6.42 Å². The Morgan fingerprint density at radius 3 is 2.47 bits per heavy atom. The summed E-state index contributed by atoms with van der Waals surface area (Å²) < 4.78 is 1.87. The standard InChI is InChI=1S/C25H30N6O3/c1-2-17-15-22(32)31(20-5-3-4-6-20)23-21(17)16-26-24(28-23)27-18-7-9-19(10-8-18)29-11-13-30(14-12-29)25(33)34/h7-10,15-16,20H,2-6,11-14H2,1H3,(H,33,34)(H,26,27,28). The van der Waals surface area contributed by atoms with Gasteiger partial charge in [-0.15, -0.1) is 0 Å². The molecule has 0 radical (unpaired) electrons. The van der Waals surface area contributed by atoms with Crippen molar-refractivity contribution in [2.75, 3.05) is 36.4 Å². The highest BCUT2D eigenvalue weighted by molar-refractivity contribution is 5.80. The second-order valence-corrected chi connectivity index (χ2v) is 9.03. The average molecular weight is 463 g/mol. The molecular weight excluding hydrogens is 432 g/mol. The number of benzene rings is 1. The number of carboxylic acid groups (broad SMARTS) is 1. The highest BCUT2D eigenvalue weighted by Gasteiger charge is 2.23. The molecule has 1 aromatic carbocycles. The molecule has 178 valence electrons. The van der Waals surface area contributed by atoms with E-state index in [1.54, 1.807) is 6.07 Å². The predicted molar refractivity (Wildman–Crippen MR) is 132 cm³/mol. The van der Waals surface area contributed by atoms with E-state index >= 15 is 0 Å². The van der Waals surface area contributed by atoms with Crippen LogP contribution in [0.1, 0.15) is 44.2 Å². The Bertz CT molecular complexity index is 1240. The molecule has 3 aromatic rings. The molecular formula is C25H30N6O3. The highest BCUT2D eigenvalue weighted by atomic mass is 16.4. The van der Waals surface area contributed by atoms with Gasteiger partial charge in [0, 0.05) is 61.2 Å². The number of hydrogen-bond acceptors (Lipinski definition) is 6. The van der Waals surface area contributed by atoms with E-state index in [9.17, 15) is 9.59 Å². The summed E-state index contributed by atoms with van der Waals surface area (Å²) in [4.78, 5) is 37.0. The minimum atomic E-state index is -0.862. The van der Waals surface area contributed by atoms with E-state index in [0.717, 1.165) is 54.4 Å². The molecule has 9 nitrogen and oxygen atoms in total. The predicted octanol–water partition coefficient (Wildman–Crippen LogP) is 4.01. The second kappa shape index (κ2) is 9.32. The number of carbonyl (C=O) groups is 1. The third-order valence-corrected chi connectivity index (χ3v) is 6.99. The smallest absolute Gasteiger partial charge is 0.407 e. The summed E-state index contributed by atoms with van der Waals surface area (Å²) >= 11 is 0.